The molecule has 0 aliphatic carbocycles. The third-order valence-corrected chi connectivity index (χ3v) is 1.99. The molecule has 0 radical (unpaired) electrons. The van der Waals surface area contributed by atoms with Crippen LogP contribution in [0.15, 0.2) is 0 Å². The number of nitrogens with one attached hydrogen (secondary N) is 2. The van der Waals surface area contributed by atoms with Gasteiger partial charge in [-0.25, -0.2) is 0 Å². The summed E-state index contributed by atoms with van der Waals surface area (Å²) in [5, 5.41) is 4.97. The number of hydrogen-bond donors (Lipinski definition) is 2. The molecule has 2 amide bonds. The van der Waals surface area contributed by atoms with Crippen LogP contribution in [0.5, 0.6) is 0 Å². The largest absolute Gasteiger partial charge is 0.358 e. The molecule has 0 aromatic rings. The van der Waals surface area contributed by atoms with Crippen LogP contribution in [0.4, 0.5) is 0 Å². The molecule has 0 aromatic heterocycles. The van der Waals surface area contributed by atoms with E-state index in [-0.39, 0.29) is 11.8 Å². The number of hydrogen-bond acceptors (Lipinski definition) is 3. The zero-order valence-electron chi connectivity index (χ0n) is 9.26. The molecule has 0 unspecified atom stereocenters. The number of nitrogens with zero attached hydrogens (tertiary/aromatic N) is 1. The highest BCUT2D eigenvalue weighted by atomic mass is 16.2. The number of amides is 2. The summed E-state index contributed by atoms with van der Waals surface area (Å²) >= 11 is 0. The quantitative estimate of drug-likeness (QED) is 0.564. The lowest BCUT2D eigenvalue weighted by atomic mass is 10.0. The van der Waals surface area contributed by atoms with E-state index in [1.54, 1.807) is 0 Å². The van der Waals surface area contributed by atoms with Crippen molar-refractivity contribution in [1.29, 1.82) is 0 Å². The monoisotopic (exact) mass is 201 g/mol. The topological polar surface area (TPSA) is 61.4 Å². The van der Waals surface area contributed by atoms with Crippen LogP contribution in [0.25, 0.3) is 0 Å². The summed E-state index contributed by atoms with van der Waals surface area (Å²) in [6.07, 6.45) is 0.534. The third kappa shape index (κ3) is 4.23. The van der Waals surface area contributed by atoms with E-state index in [0.717, 1.165) is 0 Å². The SMILES string of the molecule is CNC(=O)C(CCN(C)C)C(=O)NC. The molecule has 0 saturated heterocycles. The second-order valence-electron chi connectivity index (χ2n) is 3.37. The van der Waals surface area contributed by atoms with Gasteiger partial charge in [-0.05, 0) is 27.1 Å². The van der Waals surface area contributed by atoms with Crippen molar-refractivity contribution in [1.82, 2.24) is 15.5 Å². The zero-order valence-corrected chi connectivity index (χ0v) is 9.26. The Kier molecular flexibility index (Phi) is 5.87. The summed E-state index contributed by atoms with van der Waals surface area (Å²) < 4.78 is 0. The van der Waals surface area contributed by atoms with Gasteiger partial charge in [0, 0.05) is 14.1 Å². The Hall–Kier alpha value is -1.10. The summed E-state index contributed by atoms with van der Waals surface area (Å²) in [5.41, 5.74) is 0. The van der Waals surface area contributed by atoms with E-state index in [1.165, 1.54) is 14.1 Å². The van der Waals surface area contributed by atoms with Crippen LogP contribution < -0.4 is 10.6 Å². The Morgan fingerprint density at radius 2 is 1.57 bits per heavy atom. The van der Waals surface area contributed by atoms with Crippen molar-refractivity contribution < 1.29 is 9.59 Å². The van der Waals surface area contributed by atoms with Crippen molar-refractivity contribution in [3.8, 4) is 0 Å². The van der Waals surface area contributed by atoms with Crippen LogP contribution in [-0.4, -0.2) is 51.4 Å². The molecular weight excluding hydrogens is 182 g/mol. The Labute approximate surface area is 84.8 Å². The molecule has 0 aromatic carbocycles. The Bertz CT molecular complexity index is 188. The molecule has 0 rings (SSSR count). The number of carbonyl (C=O) groups excluding carboxylic acids is 2. The lowest BCUT2D eigenvalue weighted by Crippen LogP contribution is -2.40. The molecule has 5 heteroatoms. The van der Waals surface area contributed by atoms with Gasteiger partial charge in [-0.15, -0.1) is 0 Å². The van der Waals surface area contributed by atoms with E-state index in [0.29, 0.717) is 13.0 Å². The zero-order chi connectivity index (χ0) is 11.1. The van der Waals surface area contributed by atoms with Crippen LogP contribution in [0, 0.1) is 5.92 Å². The Morgan fingerprint density at radius 3 is 1.86 bits per heavy atom. The van der Waals surface area contributed by atoms with Crippen LogP contribution in [0.1, 0.15) is 6.42 Å². The molecule has 5 nitrogen and oxygen atoms in total. The molecule has 0 aliphatic rings. The second-order valence-corrected chi connectivity index (χ2v) is 3.37. The molecule has 0 saturated carbocycles. The van der Waals surface area contributed by atoms with E-state index in [9.17, 15) is 9.59 Å². The average molecular weight is 201 g/mol. The minimum absolute atomic E-state index is 0.230. The molecule has 0 spiro atoms. The van der Waals surface area contributed by atoms with Gasteiger partial charge < -0.3 is 15.5 Å². The first kappa shape index (κ1) is 12.9. The number of carbonyl (C=O) groups is 2. The van der Waals surface area contributed by atoms with Gasteiger partial charge in [0.2, 0.25) is 11.8 Å². The summed E-state index contributed by atoms with van der Waals surface area (Å²) in [6.45, 7) is 0.714. The average Bonchev–Trinajstić information content (AvgIpc) is 2.16. The Balaban J connectivity index is 4.25. The van der Waals surface area contributed by atoms with Gasteiger partial charge in [0.25, 0.3) is 0 Å². The fraction of sp³-hybridized carbons (Fsp3) is 0.778. The molecule has 14 heavy (non-hydrogen) atoms. The molecule has 0 heterocycles. The van der Waals surface area contributed by atoms with Crippen molar-refractivity contribution >= 4 is 11.8 Å². The van der Waals surface area contributed by atoms with E-state index >= 15 is 0 Å². The fourth-order valence-corrected chi connectivity index (χ4v) is 1.12. The van der Waals surface area contributed by atoms with Crippen LogP contribution in [-0.2, 0) is 9.59 Å². The van der Waals surface area contributed by atoms with Crippen LogP contribution in [0.3, 0.4) is 0 Å². The van der Waals surface area contributed by atoms with Crippen molar-refractivity contribution in [2.75, 3.05) is 34.7 Å². The molecular formula is C9H19N3O2. The molecule has 2 N–H and O–H groups in total. The molecule has 0 bridgehead atoms. The van der Waals surface area contributed by atoms with Crippen LogP contribution in [0.2, 0.25) is 0 Å². The minimum Gasteiger partial charge on any atom is -0.358 e. The highest BCUT2D eigenvalue weighted by Crippen LogP contribution is 2.03. The standard InChI is InChI=1S/C9H19N3O2/c1-10-8(13)7(9(14)11-2)5-6-12(3)4/h7H,5-6H2,1-4H3,(H,10,13)(H,11,14). The Morgan fingerprint density at radius 1 is 1.14 bits per heavy atom. The fourth-order valence-electron chi connectivity index (χ4n) is 1.12. The lowest BCUT2D eigenvalue weighted by molar-refractivity contribution is -0.135. The van der Waals surface area contributed by atoms with E-state index in [4.69, 9.17) is 0 Å². The predicted molar refractivity (Wildman–Crippen MR) is 54.8 cm³/mol. The van der Waals surface area contributed by atoms with Crippen molar-refractivity contribution in [3.05, 3.63) is 0 Å². The van der Waals surface area contributed by atoms with Gasteiger partial charge in [-0.1, -0.05) is 0 Å². The summed E-state index contributed by atoms with van der Waals surface area (Å²) in [4.78, 5) is 24.6. The lowest BCUT2D eigenvalue weighted by Gasteiger charge is -2.16. The van der Waals surface area contributed by atoms with Gasteiger partial charge in [0.05, 0.1) is 0 Å². The predicted octanol–water partition coefficient (Wildman–Crippen LogP) is -0.954. The van der Waals surface area contributed by atoms with Crippen molar-refractivity contribution in [2.24, 2.45) is 5.92 Å². The first-order valence-corrected chi connectivity index (χ1v) is 4.60. The van der Waals surface area contributed by atoms with Crippen molar-refractivity contribution in [2.45, 2.75) is 6.42 Å². The highest BCUT2D eigenvalue weighted by molar-refractivity contribution is 6.00. The highest BCUT2D eigenvalue weighted by Gasteiger charge is 2.24. The molecule has 0 atom stereocenters. The molecule has 0 fully saturated rings. The van der Waals surface area contributed by atoms with Gasteiger partial charge in [-0.3, -0.25) is 9.59 Å². The molecule has 82 valence electrons. The summed E-state index contributed by atoms with van der Waals surface area (Å²) in [6, 6.07) is 0. The van der Waals surface area contributed by atoms with Gasteiger partial charge in [0.15, 0.2) is 0 Å². The minimum atomic E-state index is -0.590. The van der Waals surface area contributed by atoms with Crippen LogP contribution >= 0.6 is 0 Å². The summed E-state index contributed by atoms with van der Waals surface area (Å²) in [5.74, 6) is -1.05. The maximum absolute atomic E-state index is 11.3. The molecule has 0 aliphatic heterocycles. The van der Waals surface area contributed by atoms with Gasteiger partial charge in [0.1, 0.15) is 5.92 Å². The van der Waals surface area contributed by atoms with Crippen molar-refractivity contribution in [3.63, 3.8) is 0 Å². The smallest absolute Gasteiger partial charge is 0.232 e. The van der Waals surface area contributed by atoms with E-state index < -0.39 is 5.92 Å². The van der Waals surface area contributed by atoms with Gasteiger partial charge >= 0.3 is 0 Å². The second kappa shape index (κ2) is 6.37. The first-order chi connectivity index (χ1) is 6.52. The maximum Gasteiger partial charge on any atom is 0.232 e. The number of rotatable bonds is 5. The van der Waals surface area contributed by atoms with E-state index in [1.807, 2.05) is 19.0 Å². The summed E-state index contributed by atoms with van der Waals surface area (Å²) in [7, 11) is 6.89. The normalized spacial score (nSPS) is 10.4. The maximum atomic E-state index is 11.3. The van der Waals surface area contributed by atoms with E-state index in [2.05, 4.69) is 10.6 Å². The third-order valence-electron chi connectivity index (χ3n) is 1.99. The van der Waals surface area contributed by atoms with Gasteiger partial charge in [-0.2, -0.15) is 0 Å². The first-order valence-electron chi connectivity index (χ1n) is 4.60.